The number of nitrogens with zero attached hydrogens (tertiary/aromatic N) is 2. The fourth-order valence-electron chi connectivity index (χ4n) is 6.34. The predicted molar refractivity (Wildman–Crippen MR) is 144 cm³/mol. The van der Waals surface area contributed by atoms with Crippen molar-refractivity contribution in [3.63, 3.8) is 0 Å². The number of nitrogens with one attached hydrogen (secondary N) is 2. The molecule has 1 aromatic carbocycles. The zero-order valence-electron chi connectivity index (χ0n) is 21.4. The van der Waals surface area contributed by atoms with Crippen molar-refractivity contribution in [3.05, 3.63) is 35.4 Å². The van der Waals surface area contributed by atoms with Crippen molar-refractivity contribution in [1.29, 1.82) is 0 Å². The molecule has 1 heterocycles. The molecule has 1 saturated heterocycles. The Bertz CT molecular complexity index is 835. The van der Waals surface area contributed by atoms with E-state index in [1.54, 1.807) is 0 Å². The van der Waals surface area contributed by atoms with E-state index in [9.17, 15) is 4.79 Å². The van der Waals surface area contributed by atoms with E-state index in [4.69, 9.17) is 12.2 Å². The molecule has 1 aliphatic heterocycles. The molecule has 4 rings (SSSR count). The van der Waals surface area contributed by atoms with Crippen LogP contribution >= 0.6 is 12.2 Å². The van der Waals surface area contributed by atoms with Crippen molar-refractivity contribution in [2.45, 2.75) is 90.3 Å². The summed E-state index contributed by atoms with van der Waals surface area (Å²) in [5.41, 5.74) is 2.89. The first-order chi connectivity index (χ1) is 16.4. The van der Waals surface area contributed by atoms with Gasteiger partial charge in [-0.15, -0.1) is 0 Å². The lowest BCUT2D eigenvalue weighted by Gasteiger charge is -2.53. The maximum absolute atomic E-state index is 12.7. The SMILES string of the molecule is Cc1ccc(CN2CCN(C(=S)NCC(=O)N[C@@H]3CCC[C@@H](C)[C@H]3C)CC23CCCCC3)cc1. The lowest BCUT2D eigenvalue weighted by atomic mass is 9.78. The number of carbonyl (C=O) groups is 1. The van der Waals surface area contributed by atoms with Crippen LogP contribution in [0.2, 0.25) is 0 Å². The van der Waals surface area contributed by atoms with Gasteiger partial charge in [0.25, 0.3) is 0 Å². The van der Waals surface area contributed by atoms with Crippen molar-refractivity contribution >= 4 is 23.2 Å². The normalized spacial score (nSPS) is 27.4. The molecule has 1 spiro atoms. The van der Waals surface area contributed by atoms with E-state index in [-0.39, 0.29) is 18.0 Å². The van der Waals surface area contributed by atoms with Crippen molar-refractivity contribution in [2.24, 2.45) is 11.8 Å². The second-order valence-corrected chi connectivity index (χ2v) is 11.6. The van der Waals surface area contributed by atoms with Crippen LogP contribution in [0.5, 0.6) is 0 Å². The Morgan fingerprint density at radius 3 is 2.53 bits per heavy atom. The first-order valence-electron chi connectivity index (χ1n) is 13.5. The Kier molecular flexibility index (Phi) is 8.52. The maximum Gasteiger partial charge on any atom is 0.239 e. The third-order valence-corrected chi connectivity index (χ3v) is 9.22. The number of hydrogen-bond acceptors (Lipinski definition) is 3. The Morgan fingerprint density at radius 2 is 1.79 bits per heavy atom. The highest BCUT2D eigenvalue weighted by Crippen LogP contribution is 2.37. The highest BCUT2D eigenvalue weighted by molar-refractivity contribution is 7.80. The van der Waals surface area contributed by atoms with E-state index in [1.165, 1.54) is 56.1 Å². The molecule has 2 N–H and O–H groups in total. The minimum Gasteiger partial charge on any atom is -0.353 e. The Labute approximate surface area is 212 Å². The van der Waals surface area contributed by atoms with Gasteiger partial charge in [0, 0.05) is 37.8 Å². The van der Waals surface area contributed by atoms with Gasteiger partial charge in [0.15, 0.2) is 5.11 Å². The quantitative estimate of drug-likeness (QED) is 0.597. The molecule has 3 fully saturated rings. The van der Waals surface area contributed by atoms with Crippen molar-refractivity contribution in [3.8, 4) is 0 Å². The van der Waals surface area contributed by atoms with E-state index in [0.717, 1.165) is 37.7 Å². The van der Waals surface area contributed by atoms with Gasteiger partial charge in [-0.3, -0.25) is 9.69 Å². The second-order valence-electron chi connectivity index (χ2n) is 11.2. The molecule has 1 aromatic rings. The predicted octanol–water partition coefficient (Wildman–Crippen LogP) is 4.63. The summed E-state index contributed by atoms with van der Waals surface area (Å²) in [5.74, 6) is 1.28. The summed E-state index contributed by atoms with van der Waals surface area (Å²) in [4.78, 5) is 17.7. The number of thiocarbonyl (C=S) groups is 1. The average Bonchev–Trinajstić information content (AvgIpc) is 2.84. The molecule has 0 unspecified atom stereocenters. The van der Waals surface area contributed by atoms with E-state index in [2.05, 4.69) is 65.5 Å². The highest BCUT2D eigenvalue weighted by Gasteiger charge is 2.42. The van der Waals surface area contributed by atoms with E-state index >= 15 is 0 Å². The third kappa shape index (κ3) is 6.12. The molecular formula is C28H44N4OS. The van der Waals surface area contributed by atoms with Gasteiger partial charge in [-0.05, 0) is 55.8 Å². The zero-order chi connectivity index (χ0) is 24.1. The zero-order valence-corrected chi connectivity index (χ0v) is 22.3. The van der Waals surface area contributed by atoms with Gasteiger partial charge in [0.05, 0.1) is 6.54 Å². The van der Waals surface area contributed by atoms with Gasteiger partial charge in [-0.2, -0.15) is 0 Å². The van der Waals surface area contributed by atoms with Crippen LogP contribution < -0.4 is 10.6 Å². The van der Waals surface area contributed by atoms with Crippen LogP contribution in [0.15, 0.2) is 24.3 Å². The van der Waals surface area contributed by atoms with Crippen molar-refractivity contribution in [1.82, 2.24) is 20.4 Å². The third-order valence-electron chi connectivity index (χ3n) is 8.81. The fourth-order valence-corrected chi connectivity index (χ4v) is 6.57. The summed E-state index contributed by atoms with van der Waals surface area (Å²) >= 11 is 5.79. The molecule has 2 saturated carbocycles. The summed E-state index contributed by atoms with van der Waals surface area (Å²) in [6.45, 7) is 10.9. The molecule has 6 heteroatoms. The van der Waals surface area contributed by atoms with Gasteiger partial charge >= 0.3 is 0 Å². The fraction of sp³-hybridized carbons (Fsp3) is 0.714. The lowest BCUT2D eigenvalue weighted by molar-refractivity contribution is -0.121. The lowest BCUT2D eigenvalue weighted by Crippen LogP contribution is -2.64. The monoisotopic (exact) mass is 484 g/mol. The van der Waals surface area contributed by atoms with Crippen LogP contribution in [0.3, 0.4) is 0 Å². The topological polar surface area (TPSA) is 47.6 Å². The smallest absolute Gasteiger partial charge is 0.239 e. The molecule has 0 radical (unpaired) electrons. The van der Waals surface area contributed by atoms with Crippen LogP contribution in [0.25, 0.3) is 0 Å². The molecule has 2 aliphatic carbocycles. The number of hydrogen-bond donors (Lipinski definition) is 2. The summed E-state index contributed by atoms with van der Waals surface area (Å²) < 4.78 is 0. The highest BCUT2D eigenvalue weighted by atomic mass is 32.1. The minimum absolute atomic E-state index is 0.0682. The molecule has 1 amide bonds. The van der Waals surface area contributed by atoms with Crippen LogP contribution in [-0.4, -0.2) is 58.6 Å². The average molecular weight is 485 g/mol. The van der Waals surface area contributed by atoms with Crippen molar-refractivity contribution < 1.29 is 4.79 Å². The maximum atomic E-state index is 12.7. The minimum atomic E-state index is 0.0682. The van der Waals surface area contributed by atoms with Crippen molar-refractivity contribution in [2.75, 3.05) is 26.2 Å². The first-order valence-corrected chi connectivity index (χ1v) is 13.9. The van der Waals surface area contributed by atoms with E-state index < -0.39 is 0 Å². The number of amides is 1. The van der Waals surface area contributed by atoms with Gasteiger partial charge in [0.2, 0.25) is 5.91 Å². The standard InChI is InChI=1S/C28H44N4OS/c1-21-10-12-24(13-11-21)19-32-17-16-31(20-28(32)14-5-4-6-15-28)27(34)29-18-26(33)30-25-9-7-8-22(2)23(25)3/h10-13,22-23,25H,4-9,14-20H2,1-3H3,(H,29,34)(H,30,33)/t22-,23-,25-/m1/s1. The molecule has 188 valence electrons. The number of rotatable bonds is 5. The summed E-state index contributed by atoms with van der Waals surface area (Å²) in [6, 6.07) is 9.28. The van der Waals surface area contributed by atoms with Crippen LogP contribution in [-0.2, 0) is 11.3 Å². The Hall–Kier alpha value is -1.66. The Morgan fingerprint density at radius 1 is 1.06 bits per heavy atom. The summed E-state index contributed by atoms with van der Waals surface area (Å²) in [5, 5.41) is 7.29. The molecule has 3 aliphatic rings. The number of aryl methyl sites for hydroxylation is 1. The van der Waals surface area contributed by atoms with Crippen LogP contribution in [0.4, 0.5) is 0 Å². The summed E-state index contributed by atoms with van der Waals surface area (Å²) in [6.07, 6.45) is 9.95. The number of piperazine rings is 1. The summed E-state index contributed by atoms with van der Waals surface area (Å²) in [7, 11) is 0. The van der Waals surface area contributed by atoms with Crippen LogP contribution in [0.1, 0.15) is 76.3 Å². The van der Waals surface area contributed by atoms with E-state index in [1.807, 2.05) is 0 Å². The van der Waals surface area contributed by atoms with Gasteiger partial charge in [0.1, 0.15) is 0 Å². The molecule has 3 atom stereocenters. The first kappa shape index (κ1) is 25.4. The van der Waals surface area contributed by atoms with Crippen LogP contribution in [0, 0.1) is 18.8 Å². The molecular weight excluding hydrogens is 440 g/mol. The van der Waals surface area contributed by atoms with E-state index in [0.29, 0.717) is 17.9 Å². The largest absolute Gasteiger partial charge is 0.353 e. The molecule has 34 heavy (non-hydrogen) atoms. The second kappa shape index (κ2) is 11.4. The molecule has 0 aromatic heterocycles. The molecule has 0 bridgehead atoms. The Balaban J connectivity index is 1.32. The number of carbonyl (C=O) groups excluding carboxylic acids is 1. The number of benzene rings is 1. The van der Waals surface area contributed by atoms with Gasteiger partial charge in [-0.25, -0.2) is 0 Å². The molecule has 5 nitrogen and oxygen atoms in total. The van der Waals surface area contributed by atoms with Gasteiger partial charge < -0.3 is 15.5 Å². The van der Waals surface area contributed by atoms with Gasteiger partial charge in [-0.1, -0.05) is 75.8 Å².